The van der Waals surface area contributed by atoms with Gasteiger partial charge in [0, 0.05) is 18.2 Å². The van der Waals surface area contributed by atoms with Gasteiger partial charge in [-0.3, -0.25) is 0 Å². The molecule has 0 atom stereocenters. The number of aromatic nitrogens is 4. The molecular formula is C14H13Br3N4. The van der Waals surface area contributed by atoms with Gasteiger partial charge in [-0.15, -0.1) is 0 Å². The Hall–Kier alpha value is -0.790. The molecule has 0 amide bonds. The van der Waals surface area contributed by atoms with Crippen LogP contribution in [-0.2, 0) is 13.1 Å². The summed E-state index contributed by atoms with van der Waals surface area (Å²) in [5.41, 5.74) is 3.45. The van der Waals surface area contributed by atoms with Gasteiger partial charge in [-0.1, -0.05) is 4.52 Å². The van der Waals surface area contributed by atoms with Crippen molar-refractivity contribution < 1.29 is 43.1 Å². The average Bonchev–Trinajstić information content (AvgIpc) is 2.83. The van der Waals surface area contributed by atoms with Crippen LogP contribution in [0.4, 0.5) is 0 Å². The second-order valence-corrected chi connectivity index (χ2v) is 5.65. The number of nitrogens with zero attached hydrogens (tertiary/aromatic N) is 4. The summed E-state index contributed by atoms with van der Waals surface area (Å²) < 4.78 is 7.64. The second-order valence-electron chi connectivity index (χ2n) is 4.79. The molecule has 4 nitrogen and oxygen atoms in total. The third-order valence-corrected chi connectivity index (χ3v) is 4.56. The third kappa shape index (κ3) is 2.45. The van der Waals surface area contributed by atoms with E-state index in [0.29, 0.717) is 0 Å². The molecule has 0 radical (unpaired) electrons. The zero-order valence-electron chi connectivity index (χ0n) is 11.3. The molecule has 110 valence electrons. The fourth-order valence-corrected chi connectivity index (χ4v) is 2.99. The molecular weight excluding hydrogens is 464 g/mol. The van der Waals surface area contributed by atoms with E-state index in [4.69, 9.17) is 5.10 Å². The van der Waals surface area contributed by atoms with Crippen molar-refractivity contribution in [3.05, 3.63) is 46.7 Å². The number of hydrogen-bond donors (Lipinski definition) is 0. The van der Waals surface area contributed by atoms with Crippen LogP contribution in [0.5, 0.6) is 0 Å². The summed E-state index contributed by atoms with van der Waals surface area (Å²) in [5, 5.41) is 4.78. The molecule has 0 fully saturated rings. The van der Waals surface area contributed by atoms with E-state index in [-0.39, 0.29) is 34.0 Å². The van der Waals surface area contributed by atoms with Crippen LogP contribution in [0.1, 0.15) is 5.69 Å². The van der Waals surface area contributed by atoms with E-state index in [1.807, 2.05) is 4.52 Å². The van der Waals surface area contributed by atoms with Crippen LogP contribution in [0, 0.1) is 6.92 Å². The third-order valence-electron chi connectivity index (χ3n) is 3.72. The van der Waals surface area contributed by atoms with Crippen molar-refractivity contribution in [1.29, 1.82) is 0 Å². The maximum atomic E-state index is 4.78. The highest BCUT2D eigenvalue weighted by molar-refractivity contribution is 9.10. The molecule has 7 heteroatoms. The van der Waals surface area contributed by atoms with Crippen molar-refractivity contribution in [1.82, 2.24) is 9.61 Å². The van der Waals surface area contributed by atoms with Crippen molar-refractivity contribution in [2.45, 2.75) is 20.0 Å². The number of halogens is 3. The number of pyridine rings is 2. The predicted molar refractivity (Wildman–Crippen MR) is 73.5 cm³/mol. The predicted octanol–water partition coefficient (Wildman–Crippen LogP) is -4.33. The van der Waals surface area contributed by atoms with Crippen LogP contribution in [0.2, 0.25) is 0 Å². The Bertz CT molecular complexity index is 813. The van der Waals surface area contributed by atoms with Gasteiger partial charge in [0.1, 0.15) is 12.2 Å². The minimum atomic E-state index is 0. The lowest BCUT2D eigenvalue weighted by Gasteiger charge is -2.06. The first-order valence-corrected chi connectivity index (χ1v) is 7.11. The summed E-state index contributed by atoms with van der Waals surface area (Å²) in [6, 6.07) is 10.5. The van der Waals surface area contributed by atoms with Gasteiger partial charge in [0.25, 0.3) is 11.3 Å². The van der Waals surface area contributed by atoms with E-state index in [1.165, 1.54) is 5.69 Å². The molecule has 0 aromatic carbocycles. The molecule has 0 N–H and O–H groups in total. The van der Waals surface area contributed by atoms with Crippen LogP contribution in [0.15, 0.2) is 41.0 Å². The average molecular weight is 477 g/mol. The molecule has 3 aromatic rings. The summed E-state index contributed by atoms with van der Waals surface area (Å²) in [7, 11) is 0. The van der Waals surface area contributed by atoms with Crippen LogP contribution >= 0.6 is 15.9 Å². The summed E-state index contributed by atoms with van der Waals surface area (Å²) in [4.78, 5) is 0. The van der Waals surface area contributed by atoms with Crippen molar-refractivity contribution in [3.63, 3.8) is 0 Å². The zero-order valence-corrected chi connectivity index (χ0v) is 16.1. The Kier molecular flexibility index (Phi) is 4.85. The molecule has 0 spiro atoms. The first-order chi connectivity index (χ1) is 9.25. The van der Waals surface area contributed by atoms with E-state index in [9.17, 15) is 0 Å². The lowest BCUT2D eigenvalue weighted by atomic mass is 10.2. The van der Waals surface area contributed by atoms with Gasteiger partial charge in [-0.25, -0.2) is 4.57 Å². The Balaban J connectivity index is 0.000000807. The summed E-state index contributed by atoms with van der Waals surface area (Å²) in [6.45, 7) is 4.03. The van der Waals surface area contributed by atoms with Crippen molar-refractivity contribution in [3.8, 4) is 11.5 Å². The van der Waals surface area contributed by atoms with Gasteiger partial charge in [0.2, 0.25) is 0 Å². The number of rotatable bonds is 0. The van der Waals surface area contributed by atoms with E-state index >= 15 is 0 Å². The van der Waals surface area contributed by atoms with Crippen LogP contribution in [0.3, 0.4) is 0 Å². The molecule has 0 unspecified atom stereocenters. The van der Waals surface area contributed by atoms with Crippen molar-refractivity contribution >= 4 is 21.6 Å². The van der Waals surface area contributed by atoms with E-state index in [1.54, 1.807) is 0 Å². The number of fused-ring (bicyclic) bond motifs is 5. The largest absolute Gasteiger partial charge is 1.00 e. The fourth-order valence-electron chi connectivity index (χ4n) is 2.69. The standard InChI is InChI=1S/C14H13BrN4.2BrH/c1-10-11(15)5-6-13-18-9-8-17-7-3-2-4-12(17)14(18)16-19(10)13;;/h2-7H,8-9H2,1H3;2*1H/q+2;;/p-2. The van der Waals surface area contributed by atoms with E-state index in [0.717, 1.165) is 34.7 Å². The maximum Gasteiger partial charge on any atom is 0.374 e. The van der Waals surface area contributed by atoms with E-state index in [2.05, 4.69) is 68.5 Å². The summed E-state index contributed by atoms with van der Waals surface area (Å²) >= 11 is 3.57. The topological polar surface area (TPSA) is 25.1 Å². The van der Waals surface area contributed by atoms with Crippen LogP contribution < -0.4 is 43.1 Å². The Morgan fingerprint density at radius 2 is 1.95 bits per heavy atom. The lowest BCUT2D eigenvalue weighted by Crippen LogP contribution is -3.00. The molecule has 0 saturated heterocycles. The summed E-state index contributed by atoms with van der Waals surface area (Å²) in [5.74, 6) is 1.04. The molecule has 4 heterocycles. The lowest BCUT2D eigenvalue weighted by molar-refractivity contribution is -0.784. The molecule has 0 bridgehead atoms. The molecule has 21 heavy (non-hydrogen) atoms. The molecule has 1 aliphatic rings. The van der Waals surface area contributed by atoms with Gasteiger partial charge in [-0.05, 0) is 35.0 Å². The molecule has 1 aliphatic heterocycles. The molecule has 0 aliphatic carbocycles. The fraction of sp³-hybridized carbons (Fsp3) is 0.214. The Morgan fingerprint density at radius 3 is 2.76 bits per heavy atom. The van der Waals surface area contributed by atoms with Crippen LogP contribution in [0.25, 0.3) is 17.2 Å². The van der Waals surface area contributed by atoms with Gasteiger partial charge >= 0.3 is 5.82 Å². The minimum absolute atomic E-state index is 0. The first-order valence-electron chi connectivity index (χ1n) is 6.32. The van der Waals surface area contributed by atoms with Crippen molar-refractivity contribution in [2.24, 2.45) is 0 Å². The second kappa shape index (κ2) is 6.14. The normalized spacial score (nSPS) is 12.1. The highest BCUT2D eigenvalue weighted by Gasteiger charge is 2.33. The van der Waals surface area contributed by atoms with Crippen LogP contribution in [-0.4, -0.2) is 9.61 Å². The quantitative estimate of drug-likeness (QED) is 0.301. The van der Waals surface area contributed by atoms with Gasteiger partial charge in [-0.2, -0.15) is 4.57 Å². The smallest absolute Gasteiger partial charge is 0.374 e. The van der Waals surface area contributed by atoms with Gasteiger partial charge < -0.3 is 34.0 Å². The highest BCUT2D eigenvalue weighted by atomic mass is 79.9. The zero-order chi connectivity index (χ0) is 13.0. The number of hydrogen-bond acceptors (Lipinski definition) is 1. The molecule has 4 rings (SSSR count). The highest BCUT2D eigenvalue weighted by Crippen LogP contribution is 2.19. The van der Waals surface area contributed by atoms with E-state index < -0.39 is 0 Å². The molecule has 0 saturated carbocycles. The van der Waals surface area contributed by atoms with Crippen molar-refractivity contribution in [2.75, 3.05) is 0 Å². The summed E-state index contributed by atoms with van der Waals surface area (Å²) in [6.07, 6.45) is 2.12. The van der Waals surface area contributed by atoms with Gasteiger partial charge in [0.15, 0.2) is 12.7 Å². The number of aryl methyl sites for hydroxylation is 3. The monoisotopic (exact) mass is 474 g/mol. The Labute approximate surface area is 152 Å². The Morgan fingerprint density at radius 1 is 1.14 bits per heavy atom. The molecule has 3 aromatic heterocycles. The first kappa shape index (κ1) is 16.6. The van der Waals surface area contributed by atoms with Gasteiger partial charge in [0.05, 0.1) is 9.57 Å². The maximum absolute atomic E-state index is 4.78. The minimum Gasteiger partial charge on any atom is -1.00 e. The SMILES string of the molecule is Cc1c(Br)ccc2n1nc1[n+]2CC[n+]2ccccc2-1.[Br-].[Br-].